The lowest BCUT2D eigenvalue weighted by molar-refractivity contribution is -0.137. The number of ether oxygens (including phenoxy) is 1. The van der Waals surface area contributed by atoms with Crippen molar-refractivity contribution in [2.24, 2.45) is 11.8 Å². The summed E-state index contributed by atoms with van der Waals surface area (Å²) in [5.74, 6) is 1.81. The highest BCUT2D eigenvalue weighted by atomic mass is 19.4. The predicted octanol–water partition coefficient (Wildman–Crippen LogP) is 4.14. The molecule has 0 amide bonds. The van der Waals surface area contributed by atoms with Gasteiger partial charge in [-0.2, -0.15) is 13.2 Å². The lowest BCUT2D eigenvalue weighted by atomic mass is 10.0. The Kier molecular flexibility index (Phi) is 7.39. The van der Waals surface area contributed by atoms with Crippen LogP contribution in [-0.4, -0.2) is 48.0 Å². The molecule has 2 aliphatic rings. The zero-order chi connectivity index (χ0) is 21.7. The number of alkyl halides is 3. The molecule has 2 aromatic carbocycles. The summed E-state index contributed by atoms with van der Waals surface area (Å²) in [7, 11) is 1.66. The van der Waals surface area contributed by atoms with E-state index < -0.39 is 17.8 Å². The molecule has 1 saturated heterocycles. The Morgan fingerprint density at radius 2 is 1.67 bits per heavy atom. The summed E-state index contributed by atoms with van der Waals surface area (Å²) >= 11 is 0. The largest absolute Gasteiger partial charge is 0.497 e. The summed E-state index contributed by atoms with van der Waals surface area (Å²) in [4.78, 5) is 2.09. The molecule has 0 radical (unpaired) electrons. The summed E-state index contributed by atoms with van der Waals surface area (Å²) in [6.45, 7) is 1.94. The molecule has 7 heteroatoms. The fraction of sp³-hybridized carbons (Fsp3) is 0.478. The Balaban J connectivity index is 0.000000269. The van der Waals surface area contributed by atoms with Gasteiger partial charge in [0.15, 0.2) is 0 Å². The number of nitrogens with zero attached hydrogens (tertiary/aromatic N) is 1. The highest BCUT2D eigenvalue weighted by Crippen LogP contribution is 2.38. The topological polar surface area (TPSA) is 52.9 Å². The molecule has 1 aliphatic heterocycles. The van der Waals surface area contributed by atoms with Crippen molar-refractivity contribution in [3.05, 3.63) is 65.7 Å². The molecule has 0 aromatic heterocycles. The van der Waals surface area contributed by atoms with Gasteiger partial charge in [-0.1, -0.05) is 30.3 Å². The third-order valence-electron chi connectivity index (χ3n) is 5.81. The number of β-amino-alcohol motifs (C(OH)–C–C–N with tert-alkyl or cyclic N) is 1. The SMILES string of the molecule is COc1ccccc1.OC1C[C@@H]2CN(CC(O)c3cccc(C(F)(F)F)c3)C[C@@H]2C1. The van der Waals surface area contributed by atoms with Crippen LogP contribution in [0, 0.1) is 11.8 Å². The molecular weight excluding hydrogens is 395 g/mol. The van der Waals surface area contributed by atoms with E-state index in [1.807, 2.05) is 30.3 Å². The van der Waals surface area contributed by atoms with Crippen LogP contribution in [0.1, 0.15) is 30.1 Å². The number of hydrogen-bond acceptors (Lipinski definition) is 4. The first kappa shape index (κ1) is 22.6. The van der Waals surface area contributed by atoms with E-state index in [0.717, 1.165) is 43.8 Å². The average molecular weight is 423 g/mol. The highest BCUT2D eigenvalue weighted by Gasteiger charge is 2.40. The number of benzene rings is 2. The van der Waals surface area contributed by atoms with Crippen LogP contribution in [0.4, 0.5) is 13.2 Å². The summed E-state index contributed by atoms with van der Waals surface area (Å²) in [6.07, 6.45) is -3.95. The first-order valence-electron chi connectivity index (χ1n) is 10.1. The number of methoxy groups -OCH3 is 1. The second kappa shape index (κ2) is 9.81. The Hall–Kier alpha value is -2.09. The maximum atomic E-state index is 12.7. The van der Waals surface area contributed by atoms with Gasteiger partial charge >= 0.3 is 6.18 Å². The molecule has 0 bridgehead atoms. The number of likely N-dealkylation sites (tertiary alicyclic amines) is 1. The molecule has 4 nitrogen and oxygen atoms in total. The first-order chi connectivity index (χ1) is 14.3. The number of halogens is 3. The van der Waals surface area contributed by atoms with Crippen LogP contribution >= 0.6 is 0 Å². The molecule has 2 aromatic rings. The van der Waals surface area contributed by atoms with E-state index in [1.165, 1.54) is 12.1 Å². The van der Waals surface area contributed by atoms with Crippen molar-refractivity contribution in [1.29, 1.82) is 0 Å². The molecule has 30 heavy (non-hydrogen) atoms. The zero-order valence-corrected chi connectivity index (χ0v) is 16.9. The molecule has 2 fully saturated rings. The average Bonchev–Trinajstić information content (AvgIpc) is 3.25. The maximum absolute atomic E-state index is 12.7. The van der Waals surface area contributed by atoms with Crippen molar-refractivity contribution in [1.82, 2.24) is 4.90 Å². The van der Waals surface area contributed by atoms with Crippen LogP contribution in [0.25, 0.3) is 0 Å². The molecule has 4 atom stereocenters. The van der Waals surface area contributed by atoms with E-state index in [9.17, 15) is 23.4 Å². The molecule has 1 saturated carbocycles. The molecule has 1 aliphatic carbocycles. The van der Waals surface area contributed by atoms with Gasteiger partial charge < -0.3 is 14.9 Å². The molecule has 0 spiro atoms. The quantitative estimate of drug-likeness (QED) is 0.776. The third kappa shape index (κ3) is 5.97. The van der Waals surface area contributed by atoms with Gasteiger partial charge in [-0.3, -0.25) is 4.90 Å². The lowest BCUT2D eigenvalue weighted by Crippen LogP contribution is -2.28. The lowest BCUT2D eigenvalue weighted by Gasteiger charge is -2.22. The fourth-order valence-corrected chi connectivity index (χ4v) is 4.34. The van der Waals surface area contributed by atoms with E-state index in [2.05, 4.69) is 4.90 Å². The van der Waals surface area contributed by atoms with Crippen LogP contribution in [-0.2, 0) is 6.18 Å². The van der Waals surface area contributed by atoms with E-state index in [-0.39, 0.29) is 6.10 Å². The molecule has 2 unspecified atom stereocenters. The Morgan fingerprint density at radius 1 is 1.03 bits per heavy atom. The van der Waals surface area contributed by atoms with Crippen LogP contribution in [0.2, 0.25) is 0 Å². The number of rotatable bonds is 4. The van der Waals surface area contributed by atoms with Gasteiger partial charge in [-0.25, -0.2) is 0 Å². The van der Waals surface area contributed by atoms with Gasteiger partial charge in [-0.15, -0.1) is 0 Å². The monoisotopic (exact) mass is 423 g/mol. The highest BCUT2D eigenvalue weighted by molar-refractivity contribution is 5.27. The normalized spacial score (nSPS) is 24.7. The van der Waals surface area contributed by atoms with E-state index >= 15 is 0 Å². The second-order valence-corrected chi connectivity index (χ2v) is 8.02. The molecule has 4 rings (SSSR count). The summed E-state index contributed by atoms with van der Waals surface area (Å²) in [5, 5.41) is 19.8. The minimum absolute atomic E-state index is 0.217. The molecular formula is C23H28F3NO3. The smallest absolute Gasteiger partial charge is 0.416 e. The van der Waals surface area contributed by atoms with Gasteiger partial charge in [0.25, 0.3) is 0 Å². The Labute approximate surface area is 174 Å². The van der Waals surface area contributed by atoms with Gasteiger partial charge in [-0.05, 0) is 54.5 Å². The van der Waals surface area contributed by atoms with Crippen LogP contribution < -0.4 is 4.74 Å². The van der Waals surface area contributed by atoms with Crippen molar-refractivity contribution in [3.63, 3.8) is 0 Å². The van der Waals surface area contributed by atoms with Crippen molar-refractivity contribution in [2.45, 2.75) is 31.2 Å². The number of para-hydroxylation sites is 1. The first-order valence-corrected chi connectivity index (χ1v) is 10.1. The maximum Gasteiger partial charge on any atom is 0.416 e. The van der Waals surface area contributed by atoms with Crippen LogP contribution in [0.5, 0.6) is 5.75 Å². The van der Waals surface area contributed by atoms with Crippen LogP contribution in [0.3, 0.4) is 0 Å². The summed E-state index contributed by atoms with van der Waals surface area (Å²) in [5.41, 5.74) is -0.433. The van der Waals surface area contributed by atoms with Gasteiger partial charge in [0, 0.05) is 19.6 Å². The summed E-state index contributed by atoms with van der Waals surface area (Å²) < 4.78 is 43.1. The minimum Gasteiger partial charge on any atom is -0.497 e. The third-order valence-corrected chi connectivity index (χ3v) is 5.81. The predicted molar refractivity (Wildman–Crippen MR) is 108 cm³/mol. The molecule has 1 heterocycles. The number of aliphatic hydroxyl groups excluding tert-OH is 2. The van der Waals surface area contributed by atoms with E-state index in [4.69, 9.17) is 4.74 Å². The number of fused-ring (bicyclic) bond motifs is 1. The standard InChI is InChI=1S/C16H20F3NO2.C7H8O/c17-16(18,19)13-3-1-2-10(4-13)15(22)9-20-7-11-5-14(21)6-12(11)8-20;1-8-7-5-3-2-4-6-7/h1-4,11-12,14-15,21-22H,5-9H2;2-6H,1H3/t11-,12+,14?,15?;. The van der Waals surface area contributed by atoms with Gasteiger partial charge in [0.2, 0.25) is 0 Å². The van der Waals surface area contributed by atoms with Crippen molar-refractivity contribution < 1.29 is 28.1 Å². The molecule has 164 valence electrons. The van der Waals surface area contributed by atoms with E-state index in [0.29, 0.717) is 23.9 Å². The minimum atomic E-state index is -4.39. The Bertz CT molecular complexity index is 786. The zero-order valence-electron chi connectivity index (χ0n) is 16.9. The Morgan fingerprint density at radius 3 is 2.20 bits per heavy atom. The fourth-order valence-electron chi connectivity index (χ4n) is 4.34. The van der Waals surface area contributed by atoms with Crippen molar-refractivity contribution in [2.75, 3.05) is 26.7 Å². The van der Waals surface area contributed by atoms with E-state index in [1.54, 1.807) is 7.11 Å². The number of aliphatic hydroxyl groups is 2. The van der Waals surface area contributed by atoms with Gasteiger partial charge in [0.05, 0.1) is 24.9 Å². The van der Waals surface area contributed by atoms with Crippen molar-refractivity contribution in [3.8, 4) is 5.75 Å². The summed E-state index contributed by atoms with van der Waals surface area (Å²) in [6, 6.07) is 14.6. The molecule has 2 N–H and O–H groups in total. The van der Waals surface area contributed by atoms with Gasteiger partial charge in [0.1, 0.15) is 5.75 Å². The second-order valence-electron chi connectivity index (χ2n) is 8.02. The van der Waals surface area contributed by atoms with Crippen molar-refractivity contribution >= 4 is 0 Å². The number of hydrogen-bond donors (Lipinski definition) is 2. The van der Waals surface area contributed by atoms with Crippen LogP contribution in [0.15, 0.2) is 54.6 Å².